The van der Waals surface area contributed by atoms with Gasteiger partial charge in [0, 0.05) is 60.3 Å². The molecule has 2 aliphatic rings. The highest BCUT2D eigenvalue weighted by atomic mass is 35.5. The summed E-state index contributed by atoms with van der Waals surface area (Å²) in [4.78, 5) is 29.2. The van der Waals surface area contributed by atoms with Gasteiger partial charge in [0.05, 0.1) is 17.2 Å². The minimum atomic E-state index is -0.0746. The monoisotopic (exact) mass is 625 g/mol. The molecule has 7 heteroatoms. The first-order valence-electron chi connectivity index (χ1n) is 16.4. The number of nitrogens with zero attached hydrogens (tertiary/aromatic N) is 2. The Kier molecular flexibility index (Phi) is 9.62. The number of ether oxygens (including phenoxy) is 1. The Hall–Kier alpha value is -3.61. The normalized spacial score (nSPS) is 19.7. The van der Waals surface area contributed by atoms with Crippen molar-refractivity contribution in [3.63, 3.8) is 0 Å². The zero-order valence-corrected chi connectivity index (χ0v) is 27.4. The number of aryl methyl sites for hydroxylation is 2. The Morgan fingerprint density at radius 2 is 1.73 bits per heavy atom. The fourth-order valence-electron chi connectivity index (χ4n) is 7.52. The minimum absolute atomic E-state index is 0.0280. The third kappa shape index (κ3) is 7.29. The van der Waals surface area contributed by atoms with Gasteiger partial charge in [0.15, 0.2) is 5.78 Å². The second-order valence-electron chi connectivity index (χ2n) is 13.2. The number of amides is 1. The first-order chi connectivity index (χ1) is 21.7. The van der Waals surface area contributed by atoms with Crippen molar-refractivity contribution < 1.29 is 14.3 Å². The molecule has 2 saturated heterocycles. The third-order valence-electron chi connectivity index (χ3n) is 9.42. The van der Waals surface area contributed by atoms with Crippen LogP contribution in [0.1, 0.15) is 84.2 Å². The number of aromatic nitrogens is 1. The van der Waals surface area contributed by atoms with Crippen LogP contribution in [0.15, 0.2) is 72.9 Å². The van der Waals surface area contributed by atoms with Crippen molar-refractivity contribution >= 4 is 34.2 Å². The van der Waals surface area contributed by atoms with E-state index < -0.39 is 0 Å². The van der Waals surface area contributed by atoms with Crippen LogP contribution in [-0.2, 0) is 13.1 Å². The lowest BCUT2D eigenvalue weighted by atomic mass is 9.85. The van der Waals surface area contributed by atoms with Gasteiger partial charge >= 0.3 is 0 Å². The summed E-state index contributed by atoms with van der Waals surface area (Å²) < 4.78 is 8.44. The first kappa shape index (κ1) is 31.4. The summed E-state index contributed by atoms with van der Waals surface area (Å²) in [7, 11) is 0. The van der Waals surface area contributed by atoms with E-state index in [1.807, 2.05) is 68.6 Å². The van der Waals surface area contributed by atoms with Gasteiger partial charge in [0.1, 0.15) is 5.75 Å². The number of carbonyl (C=O) groups excluding carboxylic acids is 2. The summed E-state index contributed by atoms with van der Waals surface area (Å²) >= 11 is 6.13. The molecule has 0 radical (unpaired) electrons. The van der Waals surface area contributed by atoms with Gasteiger partial charge < -0.3 is 14.6 Å². The van der Waals surface area contributed by atoms with Crippen LogP contribution >= 0.6 is 11.6 Å². The van der Waals surface area contributed by atoms with Crippen molar-refractivity contribution in [2.24, 2.45) is 5.92 Å². The lowest BCUT2D eigenvalue weighted by Crippen LogP contribution is -2.43. The highest BCUT2D eigenvalue weighted by Crippen LogP contribution is 2.40. The van der Waals surface area contributed by atoms with Crippen LogP contribution in [0.5, 0.6) is 5.75 Å². The number of hydrogen-bond acceptors (Lipinski definition) is 4. The van der Waals surface area contributed by atoms with E-state index in [-0.39, 0.29) is 17.8 Å². The topological polar surface area (TPSA) is 63.6 Å². The number of benzene rings is 3. The summed E-state index contributed by atoms with van der Waals surface area (Å²) in [5, 5.41) is 4.67. The molecule has 0 aliphatic carbocycles. The fourth-order valence-corrected chi connectivity index (χ4v) is 7.71. The molecule has 6 rings (SSSR count). The summed E-state index contributed by atoms with van der Waals surface area (Å²) in [5.74, 6) is 1.36. The van der Waals surface area contributed by atoms with Crippen molar-refractivity contribution in [1.82, 2.24) is 14.8 Å². The maximum Gasteiger partial charge on any atom is 0.253 e. The van der Waals surface area contributed by atoms with E-state index in [9.17, 15) is 9.59 Å². The van der Waals surface area contributed by atoms with E-state index in [0.29, 0.717) is 41.6 Å². The molecule has 2 fully saturated rings. The van der Waals surface area contributed by atoms with Crippen LogP contribution in [0.2, 0.25) is 5.02 Å². The van der Waals surface area contributed by atoms with Gasteiger partial charge in [0.2, 0.25) is 0 Å². The Morgan fingerprint density at radius 1 is 0.978 bits per heavy atom. The van der Waals surface area contributed by atoms with Gasteiger partial charge in [0.25, 0.3) is 5.91 Å². The van der Waals surface area contributed by atoms with Gasteiger partial charge in [-0.15, -0.1) is 0 Å². The predicted molar refractivity (Wildman–Crippen MR) is 181 cm³/mol. The van der Waals surface area contributed by atoms with Crippen LogP contribution in [0, 0.1) is 12.8 Å². The molecule has 2 aliphatic heterocycles. The minimum Gasteiger partial charge on any atom is -0.489 e. The second-order valence-corrected chi connectivity index (χ2v) is 13.6. The van der Waals surface area contributed by atoms with Gasteiger partial charge in [-0.1, -0.05) is 65.7 Å². The van der Waals surface area contributed by atoms with Crippen LogP contribution in [0.4, 0.5) is 0 Å². The maximum absolute atomic E-state index is 13.5. The highest BCUT2D eigenvalue weighted by molar-refractivity contribution is 6.31. The number of carbonyl (C=O) groups is 2. The molecule has 1 aromatic heterocycles. The van der Waals surface area contributed by atoms with Crippen molar-refractivity contribution in [2.75, 3.05) is 6.54 Å². The lowest BCUT2D eigenvalue weighted by molar-refractivity contribution is 0.0807. The van der Waals surface area contributed by atoms with E-state index in [1.165, 1.54) is 18.4 Å². The van der Waals surface area contributed by atoms with E-state index >= 15 is 0 Å². The number of hydrogen-bond donors (Lipinski definition) is 1. The summed E-state index contributed by atoms with van der Waals surface area (Å²) in [6.07, 6.45) is 8.17. The molecule has 3 atom stereocenters. The number of piperidine rings is 1. The molecular formula is C38H44ClN3O3. The standard InChI is InChI=1S/C38H44ClN3O3/c1-25(2)45-36-13-6-12-33-34(38(44)40-23-27-9-4-8-26(3)18-27)24-41(37(33)36)16-7-17-42-31-14-15-32(42)20-28(19-31)21-35(43)29-10-5-11-30(39)22-29/h4-6,8-13,18,22,24-25,28,31-32H,7,14-17,19-21,23H2,1-3H3,(H,40,44)/t28-,31+,32-. The predicted octanol–water partition coefficient (Wildman–Crippen LogP) is 8.23. The number of para-hydroxylation sites is 1. The van der Waals surface area contributed by atoms with Gasteiger partial charge in [-0.3, -0.25) is 14.5 Å². The molecule has 3 aromatic carbocycles. The molecule has 1 N–H and O–H groups in total. The Bertz CT molecular complexity index is 1660. The van der Waals surface area contributed by atoms with Crippen molar-refractivity contribution in [2.45, 2.75) is 90.6 Å². The Labute approximate surface area is 271 Å². The van der Waals surface area contributed by atoms with Gasteiger partial charge in [-0.25, -0.2) is 0 Å². The molecule has 1 amide bonds. The van der Waals surface area contributed by atoms with Crippen LogP contribution in [0.3, 0.4) is 0 Å². The molecule has 4 aromatic rings. The van der Waals surface area contributed by atoms with E-state index in [0.717, 1.165) is 60.1 Å². The smallest absolute Gasteiger partial charge is 0.253 e. The average Bonchev–Trinajstić information content (AvgIpc) is 3.49. The van der Waals surface area contributed by atoms with E-state index in [4.69, 9.17) is 16.3 Å². The zero-order valence-electron chi connectivity index (χ0n) is 26.6. The number of rotatable bonds is 12. The van der Waals surface area contributed by atoms with Crippen molar-refractivity contribution in [3.8, 4) is 5.75 Å². The van der Waals surface area contributed by atoms with Gasteiger partial charge in [-0.05, 0) is 82.6 Å². The molecule has 0 unspecified atom stereocenters. The largest absolute Gasteiger partial charge is 0.489 e. The average molecular weight is 626 g/mol. The van der Waals surface area contributed by atoms with Crippen molar-refractivity contribution in [1.29, 1.82) is 0 Å². The molecule has 6 nitrogen and oxygen atoms in total. The summed E-state index contributed by atoms with van der Waals surface area (Å²) in [5.41, 5.74) is 4.64. The Balaban J connectivity index is 1.12. The summed E-state index contributed by atoms with van der Waals surface area (Å²) in [6.45, 7) is 8.41. The number of Topliss-reactive ketones (excluding diaryl/α,β-unsaturated/α-hetero) is 1. The molecule has 2 bridgehead atoms. The maximum atomic E-state index is 13.5. The van der Waals surface area contributed by atoms with Crippen molar-refractivity contribution in [3.05, 3.63) is 100 Å². The molecule has 3 heterocycles. The lowest BCUT2D eigenvalue weighted by Gasteiger charge is -2.39. The van der Waals surface area contributed by atoms with Crippen LogP contribution < -0.4 is 10.1 Å². The molecule has 45 heavy (non-hydrogen) atoms. The van der Waals surface area contributed by atoms with Crippen LogP contribution in [0.25, 0.3) is 10.9 Å². The third-order valence-corrected chi connectivity index (χ3v) is 9.66. The number of nitrogens with one attached hydrogen (secondary N) is 1. The SMILES string of the molecule is Cc1cccc(CNC(=O)c2cn(CCCN3[C@@H]4CC[C@H]3C[C@@H](CC(=O)c3cccc(Cl)c3)C4)c3c(OC(C)C)cccc23)c1. The van der Waals surface area contributed by atoms with Gasteiger partial charge in [-0.2, -0.15) is 0 Å². The number of ketones is 1. The first-order valence-corrected chi connectivity index (χ1v) is 16.8. The van der Waals surface area contributed by atoms with E-state index in [1.54, 1.807) is 6.07 Å². The second kappa shape index (κ2) is 13.8. The number of fused-ring (bicyclic) bond motifs is 3. The molecule has 236 valence electrons. The number of halogens is 1. The molecule has 0 saturated carbocycles. The quantitative estimate of drug-likeness (QED) is 0.161. The molecular weight excluding hydrogens is 582 g/mol. The highest BCUT2D eigenvalue weighted by Gasteiger charge is 2.40. The van der Waals surface area contributed by atoms with Crippen LogP contribution in [-0.4, -0.2) is 45.9 Å². The summed E-state index contributed by atoms with van der Waals surface area (Å²) in [6, 6.07) is 22.6. The van der Waals surface area contributed by atoms with E-state index in [2.05, 4.69) is 33.8 Å². The zero-order chi connectivity index (χ0) is 31.5. The fraction of sp³-hybridized carbons (Fsp3) is 0.421. The Morgan fingerprint density at radius 3 is 2.47 bits per heavy atom. The molecule has 0 spiro atoms.